The second-order valence-electron chi connectivity index (χ2n) is 8.33. The zero-order valence-electron chi connectivity index (χ0n) is 16.3. The van der Waals surface area contributed by atoms with Gasteiger partial charge in [0, 0.05) is 0 Å². The third-order valence-corrected chi connectivity index (χ3v) is 6.82. The summed E-state index contributed by atoms with van der Waals surface area (Å²) in [6.07, 6.45) is 15.5. The second kappa shape index (κ2) is 10.1. The molecule has 1 aromatic carbocycles. The van der Waals surface area contributed by atoms with Crippen molar-refractivity contribution in [3.8, 4) is 5.75 Å². The van der Waals surface area contributed by atoms with E-state index in [1.807, 2.05) is 6.92 Å². The number of rotatable bonds is 7. The summed E-state index contributed by atoms with van der Waals surface area (Å²) in [5.74, 6) is 4.46. The van der Waals surface area contributed by atoms with Gasteiger partial charge in [0.1, 0.15) is 5.75 Å². The zero-order chi connectivity index (χ0) is 18.2. The van der Waals surface area contributed by atoms with Gasteiger partial charge in [-0.2, -0.15) is 0 Å². The van der Waals surface area contributed by atoms with Crippen LogP contribution in [0, 0.1) is 17.8 Å². The fraction of sp³-hybridized carbons (Fsp3) is 0.667. The highest BCUT2D eigenvalue weighted by molar-refractivity contribution is 5.29. The van der Waals surface area contributed by atoms with Crippen molar-refractivity contribution in [2.75, 3.05) is 6.61 Å². The molecule has 0 unspecified atom stereocenters. The van der Waals surface area contributed by atoms with Crippen molar-refractivity contribution in [3.63, 3.8) is 0 Å². The Morgan fingerprint density at radius 3 is 2.12 bits per heavy atom. The molecule has 0 spiro atoms. The Labute approximate surface area is 159 Å². The maximum Gasteiger partial charge on any atom is 0.119 e. The van der Waals surface area contributed by atoms with Crippen LogP contribution in [0.1, 0.15) is 82.6 Å². The highest BCUT2D eigenvalue weighted by Crippen LogP contribution is 2.44. The van der Waals surface area contributed by atoms with E-state index in [9.17, 15) is 4.39 Å². The molecule has 0 saturated heterocycles. The predicted octanol–water partition coefficient (Wildman–Crippen LogP) is 7.43. The van der Waals surface area contributed by atoms with Gasteiger partial charge in [-0.15, -0.1) is 0 Å². The van der Waals surface area contributed by atoms with Gasteiger partial charge in [0.15, 0.2) is 0 Å². The number of hydrogen-bond acceptors (Lipinski definition) is 1. The minimum Gasteiger partial charge on any atom is -0.494 e. The maximum atomic E-state index is 12.1. The highest BCUT2D eigenvalue weighted by Gasteiger charge is 2.31. The van der Waals surface area contributed by atoms with E-state index in [2.05, 4.69) is 24.3 Å². The average molecular weight is 359 g/mol. The molecule has 144 valence electrons. The first-order chi connectivity index (χ1) is 12.8. The summed E-state index contributed by atoms with van der Waals surface area (Å²) < 4.78 is 17.6. The van der Waals surface area contributed by atoms with Gasteiger partial charge in [-0.25, -0.2) is 4.39 Å². The van der Waals surface area contributed by atoms with E-state index in [4.69, 9.17) is 4.74 Å². The molecule has 0 atom stereocenters. The van der Waals surface area contributed by atoms with Crippen LogP contribution < -0.4 is 4.74 Å². The van der Waals surface area contributed by atoms with Gasteiger partial charge < -0.3 is 4.74 Å². The smallest absolute Gasteiger partial charge is 0.119 e. The Hall–Kier alpha value is -1.31. The molecule has 0 aliphatic heterocycles. The van der Waals surface area contributed by atoms with Gasteiger partial charge in [0.25, 0.3) is 0 Å². The van der Waals surface area contributed by atoms with Crippen LogP contribution >= 0.6 is 0 Å². The van der Waals surface area contributed by atoms with Crippen LogP contribution in [-0.2, 0) is 0 Å². The average Bonchev–Trinajstić information content (AvgIpc) is 2.70. The fourth-order valence-corrected chi connectivity index (χ4v) is 5.27. The molecule has 0 heterocycles. The third-order valence-electron chi connectivity index (χ3n) is 6.82. The summed E-state index contributed by atoms with van der Waals surface area (Å²) in [7, 11) is 0. The lowest BCUT2D eigenvalue weighted by atomic mass is 9.68. The lowest BCUT2D eigenvalue weighted by molar-refractivity contribution is 0.157. The van der Waals surface area contributed by atoms with Crippen molar-refractivity contribution in [2.24, 2.45) is 17.8 Å². The van der Waals surface area contributed by atoms with E-state index < -0.39 is 0 Å². The van der Waals surface area contributed by atoms with Gasteiger partial charge >= 0.3 is 0 Å². The number of halogens is 1. The molecule has 0 bridgehead atoms. The molecule has 0 amide bonds. The lowest BCUT2D eigenvalue weighted by Gasteiger charge is -2.38. The van der Waals surface area contributed by atoms with E-state index in [1.165, 1.54) is 63.4 Å². The van der Waals surface area contributed by atoms with Crippen molar-refractivity contribution < 1.29 is 9.13 Å². The molecule has 2 fully saturated rings. The van der Waals surface area contributed by atoms with Crippen molar-refractivity contribution in [2.45, 2.75) is 77.0 Å². The van der Waals surface area contributed by atoms with Gasteiger partial charge in [-0.05, 0) is 99.7 Å². The summed E-state index contributed by atoms with van der Waals surface area (Å²) in [6.45, 7) is 2.77. The lowest BCUT2D eigenvalue weighted by Crippen LogP contribution is -2.25. The first kappa shape index (κ1) is 19.5. The standard InChI is InChI=1S/C24H35FO/c1-2-26-24-16-14-23(15-17-24)22-12-10-21(11-13-22)20-8-6-19(7-9-20)5-3-4-18-25/h4,14-22H,2-3,5-13H2,1H3. The predicted molar refractivity (Wildman–Crippen MR) is 107 cm³/mol. The van der Waals surface area contributed by atoms with Gasteiger partial charge in [0.05, 0.1) is 12.9 Å². The van der Waals surface area contributed by atoms with Crippen LogP contribution in [0.2, 0.25) is 0 Å². The largest absolute Gasteiger partial charge is 0.494 e. The van der Waals surface area contributed by atoms with Crippen molar-refractivity contribution in [1.29, 1.82) is 0 Å². The number of allylic oxidation sites excluding steroid dienone is 1. The van der Waals surface area contributed by atoms with E-state index in [0.29, 0.717) is 6.33 Å². The van der Waals surface area contributed by atoms with E-state index in [-0.39, 0.29) is 0 Å². The summed E-state index contributed by atoms with van der Waals surface area (Å²) in [5, 5.41) is 0. The van der Waals surface area contributed by atoms with Crippen LogP contribution in [0.15, 0.2) is 36.7 Å². The Morgan fingerprint density at radius 1 is 0.923 bits per heavy atom. The monoisotopic (exact) mass is 358 g/mol. The van der Waals surface area contributed by atoms with Crippen molar-refractivity contribution >= 4 is 0 Å². The third kappa shape index (κ3) is 5.34. The molecule has 26 heavy (non-hydrogen) atoms. The SMILES string of the molecule is CCOc1ccc(C2CCC(C3CCC(CCC=CF)CC3)CC2)cc1. The van der Waals surface area contributed by atoms with Crippen LogP contribution in [0.5, 0.6) is 5.75 Å². The molecule has 0 aromatic heterocycles. The van der Waals surface area contributed by atoms with Gasteiger partial charge in [-0.1, -0.05) is 31.1 Å². The quantitative estimate of drug-likeness (QED) is 0.492. The molecule has 3 rings (SSSR count). The normalized spacial score (nSPS) is 29.8. The molecule has 2 heteroatoms. The van der Waals surface area contributed by atoms with Crippen LogP contribution in [-0.4, -0.2) is 6.61 Å². The number of benzene rings is 1. The Bertz CT molecular complexity index is 534. The summed E-state index contributed by atoms with van der Waals surface area (Å²) in [5.41, 5.74) is 1.50. The minimum absolute atomic E-state index is 0.703. The molecule has 2 aliphatic rings. The molecule has 1 nitrogen and oxygen atoms in total. The molecular formula is C24H35FO. The van der Waals surface area contributed by atoms with Gasteiger partial charge in [-0.3, -0.25) is 0 Å². The van der Waals surface area contributed by atoms with Crippen LogP contribution in [0.4, 0.5) is 4.39 Å². The van der Waals surface area contributed by atoms with Crippen molar-refractivity contribution in [3.05, 3.63) is 42.2 Å². The molecule has 0 N–H and O–H groups in total. The Balaban J connectivity index is 1.41. The molecule has 2 saturated carbocycles. The molecule has 1 aromatic rings. The minimum atomic E-state index is 0.703. The van der Waals surface area contributed by atoms with E-state index in [1.54, 1.807) is 6.08 Å². The van der Waals surface area contributed by atoms with E-state index >= 15 is 0 Å². The summed E-state index contributed by atoms with van der Waals surface area (Å²) in [6, 6.07) is 8.80. The Kier molecular flexibility index (Phi) is 7.58. The van der Waals surface area contributed by atoms with Crippen LogP contribution in [0.3, 0.4) is 0 Å². The number of ether oxygens (including phenoxy) is 1. The Morgan fingerprint density at radius 2 is 1.54 bits per heavy atom. The van der Waals surface area contributed by atoms with Gasteiger partial charge in [0.2, 0.25) is 0 Å². The van der Waals surface area contributed by atoms with Crippen molar-refractivity contribution in [1.82, 2.24) is 0 Å². The highest BCUT2D eigenvalue weighted by atomic mass is 19.1. The van der Waals surface area contributed by atoms with E-state index in [0.717, 1.165) is 42.4 Å². The summed E-state index contributed by atoms with van der Waals surface area (Å²) >= 11 is 0. The topological polar surface area (TPSA) is 9.23 Å². The first-order valence-electron chi connectivity index (χ1n) is 10.8. The number of hydrogen-bond donors (Lipinski definition) is 0. The fourth-order valence-electron chi connectivity index (χ4n) is 5.27. The molecule has 0 radical (unpaired) electrons. The summed E-state index contributed by atoms with van der Waals surface area (Å²) in [4.78, 5) is 0. The molecular weight excluding hydrogens is 323 g/mol. The van der Waals surface area contributed by atoms with Crippen LogP contribution in [0.25, 0.3) is 0 Å². The first-order valence-corrected chi connectivity index (χ1v) is 10.8. The second-order valence-corrected chi connectivity index (χ2v) is 8.33. The molecule has 2 aliphatic carbocycles. The maximum absolute atomic E-state index is 12.1. The zero-order valence-corrected chi connectivity index (χ0v) is 16.3.